The first-order valence-corrected chi connectivity index (χ1v) is 20.5. The van der Waals surface area contributed by atoms with Gasteiger partial charge in [-0.05, 0) is 95.9 Å². The van der Waals surface area contributed by atoms with Crippen molar-refractivity contribution in [1.82, 2.24) is 14.5 Å². The van der Waals surface area contributed by atoms with Crippen LogP contribution in [0.2, 0.25) is 0 Å². The van der Waals surface area contributed by atoms with Crippen LogP contribution in [0.5, 0.6) is 0 Å². The first kappa shape index (κ1) is 39.5. The van der Waals surface area contributed by atoms with E-state index < -0.39 is 11.7 Å². The van der Waals surface area contributed by atoms with Crippen LogP contribution in [0, 0.1) is 24.8 Å². The van der Waals surface area contributed by atoms with E-state index in [1.54, 1.807) is 24.3 Å². The molecule has 0 bridgehead atoms. The third-order valence-electron chi connectivity index (χ3n) is 11.5. The van der Waals surface area contributed by atoms with E-state index in [0.717, 1.165) is 66.8 Å². The molecule has 0 fully saturated rings. The van der Waals surface area contributed by atoms with Crippen molar-refractivity contribution in [3.05, 3.63) is 216 Å². The molecule has 304 valence electrons. The van der Waals surface area contributed by atoms with E-state index in [-0.39, 0.29) is 0 Å². The molecule has 0 saturated carbocycles. The lowest BCUT2D eigenvalue weighted by Crippen LogP contribution is -2.06. The minimum absolute atomic E-state index is 0.362. The van der Waals surface area contributed by atoms with Gasteiger partial charge in [0.2, 0.25) is 0 Å². The van der Waals surface area contributed by atoms with Crippen LogP contribution >= 0.6 is 0 Å². The van der Waals surface area contributed by atoms with Crippen LogP contribution in [0.25, 0.3) is 99.6 Å². The third-order valence-corrected chi connectivity index (χ3v) is 11.5. The van der Waals surface area contributed by atoms with Gasteiger partial charge in [-0.3, -0.25) is 0 Å². The van der Waals surface area contributed by atoms with E-state index in [9.17, 15) is 18.4 Å². The summed E-state index contributed by atoms with van der Waals surface area (Å²) in [5.74, 6) is 0.515. The molecule has 0 radical (unpaired) electrons. The SMILES string of the molecule is [C-]#[N+]c1cc(C#N)cc(-c2ccc3c(c2)c2ccccc2n3-c2c(-c3cccc(C)c3)cc(-c3cc(-c4ccccc4)nc(-c4ccccc4)n3)cc2-c2cccc(C(F)(F)F)c2)c1. The van der Waals surface area contributed by atoms with Gasteiger partial charge in [0.1, 0.15) is 0 Å². The largest absolute Gasteiger partial charge is 0.416 e. The Morgan fingerprint density at radius 3 is 1.84 bits per heavy atom. The van der Waals surface area contributed by atoms with E-state index in [1.807, 2.05) is 134 Å². The number of fused-ring (bicyclic) bond motifs is 3. The molecule has 10 aromatic rings. The predicted molar refractivity (Wildman–Crippen MR) is 250 cm³/mol. The number of aryl methyl sites for hydroxylation is 1. The molecule has 10 rings (SSSR count). The second kappa shape index (κ2) is 16.0. The zero-order valence-electron chi connectivity index (χ0n) is 34.3. The van der Waals surface area contributed by atoms with Crippen LogP contribution in [-0.2, 0) is 6.18 Å². The minimum Gasteiger partial charge on any atom is -0.308 e. The second-order valence-corrected chi connectivity index (χ2v) is 15.6. The Morgan fingerprint density at radius 1 is 0.531 bits per heavy atom. The normalized spacial score (nSPS) is 11.4. The maximum atomic E-state index is 14.6. The van der Waals surface area contributed by atoms with Crippen LogP contribution in [0.15, 0.2) is 188 Å². The number of nitrogens with zero attached hydrogens (tertiary/aromatic N) is 5. The minimum atomic E-state index is -4.59. The highest BCUT2D eigenvalue weighted by molar-refractivity contribution is 6.12. The van der Waals surface area contributed by atoms with Crippen LogP contribution in [0.1, 0.15) is 16.7 Å². The molecule has 64 heavy (non-hydrogen) atoms. The van der Waals surface area contributed by atoms with Gasteiger partial charge in [-0.25, -0.2) is 14.8 Å². The predicted octanol–water partition coefficient (Wildman–Crippen LogP) is 15.3. The second-order valence-electron chi connectivity index (χ2n) is 15.6. The van der Waals surface area contributed by atoms with E-state index in [4.69, 9.17) is 16.5 Å². The Labute approximate surface area is 367 Å². The van der Waals surface area contributed by atoms with Crippen LogP contribution < -0.4 is 0 Å². The Hall–Kier alpha value is -8.59. The summed E-state index contributed by atoms with van der Waals surface area (Å²) in [6.07, 6.45) is -4.59. The molecule has 2 heterocycles. The molecule has 8 heteroatoms. The van der Waals surface area contributed by atoms with Gasteiger partial charge in [0.15, 0.2) is 11.5 Å². The quantitative estimate of drug-likeness (QED) is 0.150. The molecule has 0 atom stereocenters. The highest BCUT2D eigenvalue weighted by atomic mass is 19.4. The van der Waals surface area contributed by atoms with Crippen molar-refractivity contribution >= 4 is 27.5 Å². The highest BCUT2D eigenvalue weighted by Gasteiger charge is 2.31. The van der Waals surface area contributed by atoms with Gasteiger partial charge < -0.3 is 4.57 Å². The summed E-state index contributed by atoms with van der Waals surface area (Å²) in [6, 6.07) is 60.5. The number of nitriles is 1. The van der Waals surface area contributed by atoms with E-state index in [2.05, 4.69) is 33.7 Å². The van der Waals surface area contributed by atoms with Crippen LogP contribution in [-0.4, -0.2) is 14.5 Å². The van der Waals surface area contributed by atoms with Crippen molar-refractivity contribution in [2.75, 3.05) is 0 Å². The Morgan fingerprint density at radius 2 is 1.16 bits per heavy atom. The average Bonchev–Trinajstić information content (AvgIpc) is 3.66. The third kappa shape index (κ3) is 7.34. The average molecular weight is 834 g/mol. The summed E-state index contributed by atoms with van der Waals surface area (Å²) in [4.78, 5) is 13.8. The molecule has 0 aliphatic heterocycles. The molecule has 0 N–H and O–H groups in total. The molecule has 0 spiro atoms. The standard InChI is InChI=1S/C56H34F3N5/c1-35-13-11-18-40(25-35)47-31-43(51-33-50(37-14-5-3-6-15-37)62-55(63-51)38-16-7-4-8-17-38)32-48(41-19-12-20-44(28-41)56(57,58)59)54(47)64-52-22-10-9-21-46(52)49-30-39(23-24-53(49)64)42-26-36(34-60)27-45(29-42)61-2/h3-33H,1H3. The van der Waals surface area contributed by atoms with Crippen molar-refractivity contribution in [3.63, 3.8) is 0 Å². The molecule has 0 aliphatic rings. The van der Waals surface area contributed by atoms with Gasteiger partial charge in [-0.2, -0.15) is 18.4 Å². The Balaban J connectivity index is 1.32. The molecular weight excluding hydrogens is 800 g/mol. The van der Waals surface area contributed by atoms with Crippen LogP contribution in [0.3, 0.4) is 0 Å². The van der Waals surface area contributed by atoms with E-state index in [0.29, 0.717) is 50.8 Å². The van der Waals surface area contributed by atoms with Crippen molar-refractivity contribution in [2.24, 2.45) is 0 Å². The van der Waals surface area contributed by atoms with Gasteiger partial charge >= 0.3 is 6.18 Å². The Kier molecular flexibility index (Phi) is 9.90. The van der Waals surface area contributed by atoms with Crippen molar-refractivity contribution in [1.29, 1.82) is 5.26 Å². The zero-order valence-corrected chi connectivity index (χ0v) is 34.3. The fourth-order valence-electron chi connectivity index (χ4n) is 8.51. The number of alkyl halides is 3. The highest BCUT2D eigenvalue weighted by Crippen LogP contribution is 2.46. The molecule has 0 saturated heterocycles. The molecule has 5 nitrogen and oxygen atoms in total. The molecule has 0 aliphatic carbocycles. The molecule has 0 amide bonds. The summed E-state index contributed by atoms with van der Waals surface area (Å²) in [6.45, 7) is 9.69. The maximum absolute atomic E-state index is 14.6. The number of aromatic nitrogens is 3. The zero-order chi connectivity index (χ0) is 44.0. The number of benzene rings is 8. The fraction of sp³-hybridized carbons (Fsp3) is 0.0357. The number of rotatable bonds is 7. The summed E-state index contributed by atoms with van der Waals surface area (Å²) < 4.78 is 46.1. The van der Waals surface area contributed by atoms with Gasteiger partial charge in [0, 0.05) is 44.2 Å². The van der Waals surface area contributed by atoms with Gasteiger partial charge in [-0.1, -0.05) is 127 Å². The number of para-hydroxylation sites is 1. The first-order chi connectivity index (χ1) is 31.1. The lowest BCUT2D eigenvalue weighted by molar-refractivity contribution is -0.137. The lowest BCUT2D eigenvalue weighted by atomic mass is 9.90. The number of hydrogen-bond acceptors (Lipinski definition) is 3. The topological polar surface area (TPSA) is 58.9 Å². The number of halogens is 3. The summed E-state index contributed by atoms with van der Waals surface area (Å²) in [7, 11) is 0. The summed E-state index contributed by atoms with van der Waals surface area (Å²) in [5.41, 5.74) is 11.2. The van der Waals surface area contributed by atoms with Gasteiger partial charge in [0.25, 0.3) is 0 Å². The van der Waals surface area contributed by atoms with Crippen molar-refractivity contribution < 1.29 is 13.2 Å². The smallest absolute Gasteiger partial charge is 0.308 e. The lowest BCUT2D eigenvalue weighted by Gasteiger charge is -2.22. The monoisotopic (exact) mass is 833 g/mol. The van der Waals surface area contributed by atoms with Crippen LogP contribution in [0.4, 0.5) is 18.9 Å². The molecular formula is C56H34F3N5. The summed E-state index contributed by atoms with van der Waals surface area (Å²) in [5, 5.41) is 11.6. The number of hydrogen-bond donors (Lipinski definition) is 0. The molecule has 8 aromatic carbocycles. The first-order valence-electron chi connectivity index (χ1n) is 20.5. The maximum Gasteiger partial charge on any atom is 0.416 e. The Bertz CT molecular complexity index is 3430. The molecule has 2 aromatic heterocycles. The fourth-order valence-corrected chi connectivity index (χ4v) is 8.51. The van der Waals surface area contributed by atoms with Crippen molar-refractivity contribution in [3.8, 4) is 79.0 Å². The summed E-state index contributed by atoms with van der Waals surface area (Å²) >= 11 is 0. The van der Waals surface area contributed by atoms with Gasteiger partial charge in [-0.15, -0.1) is 0 Å². The van der Waals surface area contributed by atoms with Crippen molar-refractivity contribution in [2.45, 2.75) is 13.1 Å². The van der Waals surface area contributed by atoms with E-state index >= 15 is 0 Å². The van der Waals surface area contributed by atoms with Gasteiger partial charge in [0.05, 0.1) is 46.3 Å². The van der Waals surface area contributed by atoms with E-state index in [1.165, 1.54) is 12.1 Å². The molecule has 0 unspecified atom stereocenters.